The minimum Gasteiger partial charge on any atom is -0.320 e. The molecule has 0 fully saturated rings. The molecule has 0 spiro atoms. The smallest absolute Gasteiger partial charge is 0.0931 e. The Labute approximate surface area is 97.5 Å². The van der Waals surface area contributed by atoms with Gasteiger partial charge in [-0.15, -0.1) is 11.3 Å². The number of halogens is 1. The Morgan fingerprint density at radius 2 is 2.27 bits per heavy atom. The Bertz CT molecular complexity index is 475. The summed E-state index contributed by atoms with van der Waals surface area (Å²) < 4.78 is 2.59. The van der Waals surface area contributed by atoms with E-state index in [-0.39, 0.29) is 6.04 Å². The van der Waals surface area contributed by atoms with Crippen LogP contribution in [0.15, 0.2) is 18.3 Å². The van der Waals surface area contributed by atoms with Gasteiger partial charge >= 0.3 is 0 Å². The van der Waals surface area contributed by atoms with Gasteiger partial charge in [0.15, 0.2) is 0 Å². The maximum atomic E-state index is 6.14. The summed E-state index contributed by atoms with van der Waals surface area (Å²) in [6.07, 6.45) is 1.81. The molecule has 0 saturated heterocycles. The molecule has 2 aromatic heterocycles. The molecule has 5 heteroatoms. The molecule has 15 heavy (non-hydrogen) atoms. The fraction of sp³-hybridized carbons (Fsp3) is 0.300. The number of nitrogens with zero attached hydrogens (tertiary/aromatic N) is 2. The Hall–Kier alpha value is -0.840. The van der Waals surface area contributed by atoms with Crippen LogP contribution in [0.25, 0.3) is 0 Å². The second kappa shape index (κ2) is 3.96. The summed E-state index contributed by atoms with van der Waals surface area (Å²) >= 11 is 7.39. The van der Waals surface area contributed by atoms with Crippen molar-refractivity contribution in [3.63, 3.8) is 0 Å². The van der Waals surface area contributed by atoms with Crippen LogP contribution in [0.3, 0.4) is 0 Å². The normalized spacial score (nSPS) is 13.1. The lowest BCUT2D eigenvalue weighted by Crippen LogP contribution is -2.11. The van der Waals surface area contributed by atoms with E-state index in [4.69, 9.17) is 17.3 Å². The van der Waals surface area contributed by atoms with Crippen molar-refractivity contribution in [2.24, 2.45) is 12.8 Å². The molecule has 1 atom stereocenters. The lowest BCUT2D eigenvalue weighted by molar-refractivity contribution is 0.734. The van der Waals surface area contributed by atoms with Crippen molar-refractivity contribution in [3.05, 3.63) is 38.8 Å². The van der Waals surface area contributed by atoms with E-state index in [1.807, 2.05) is 37.0 Å². The Balaban J connectivity index is 2.36. The van der Waals surface area contributed by atoms with Gasteiger partial charge in [-0.3, -0.25) is 4.68 Å². The van der Waals surface area contributed by atoms with Gasteiger partial charge in [-0.25, -0.2) is 0 Å². The topological polar surface area (TPSA) is 43.8 Å². The van der Waals surface area contributed by atoms with Crippen LogP contribution < -0.4 is 5.73 Å². The van der Waals surface area contributed by atoms with Gasteiger partial charge in [-0.05, 0) is 19.1 Å². The van der Waals surface area contributed by atoms with Gasteiger partial charge in [0, 0.05) is 23.2 Å². The number of aromatic nitrogens is 2. The van der Waals surface area contributed by atoms with Crippen LogP contribution in [0.2, 0.25) is 4.34 Å². The molecular formula is C10H12ClN3S. The van der Waals surface area contributed by atoms with E-state index in [1.54, 1.807) is 0 Å². The van der Waals surface area contributed by atoms with E-state index >= 15 is 0 Å². The molecule has 2 aromatic rings. The van der Waals surface area contributed by atoms with Gasteiger partial charge in [-0.1, -0.05) is 11.6 Å². The van der Waals surface area contributed by atoms with Crippen molar-refractivity contribution in [1.29, 1.82) is 0 Å². The standard InChI is InChI=1S/C10H12ClN3S/c1-6-7(5-13-14(6)2)10(12)8-3-4-9(11)15-8/h3-5,10H,12H2,1-2H3. The zero-order chi connectivity index (χ0) is 11.0. The average molecular weight is 242 g/mol. The first-order valence-electron chi connectivity index (χ1n) is 4.59. The fourth-order valence-corrected chi connectivity index (χ4v) is 2.55. The van der Waals surface area contributed by atoms with Crippen molar-refractivity contribution in [2.45, 2.75) is 13.0 Å². The molecular weight excluding hydrogens is 230 g/mol. The lowest BCUT2D eigenvalue weighted by atomic mass is 10.1. The van der Waals surface area contributed by atoms with Crippen LogP contribution in [-0.2, 0) is 7.05 Å². The Morgan fingerprint density at radius 3 is 2.73 bits per heavy atom. The molecule has 0 aromatic carbocycles. The molecule has 0 saturated carbocycles. The summed E-state index contributed by atoms with van der Waals surface area (Å²) in [5.41, 5.74) is 8.28. The van der Waals surface area contributed by atoms with Crippen molar-refractivity contribution < 1.29 is 0 Å². The van der Waals surface area contributed by atoms with Gasteiger partial charge in [0.05, 0.1) is 16.6 Å². The summed E-state index contributed by atoms with van der Waals surface area (Å²) in [5.74, 6) is 0. The first-order chi connectivity index (χ1) is 7.09. The van der Waals surface area contributed by atoms with Crippen LogP contribution in [0, 0.1) is 6.92 Å². The molecule has 0 amide bonds. The van der Waals surface area contributed by atoms with Crippen LogP contribution in [0.4, 0.5) is 0 Å². The molecule has 0 bridgehead atoms. The molecule has 0 aliphatic rings. The quantitative estimate of drug-likeness (QED) is 0.878. The molecule has 1 unspecified atom stereocenters. The molecule has 3 nitrogen and oxygen atoms in total. The fourth-order valence-electron chi connectivity index (χ4n) is 1.47. The Morgan fingerprint density at radius 1 is 1.53 bits per heavy atom. The number of nitrogens with two attached hydrogens (primary N) is 1. The van der Waals surface area contributed by atoms with E-state index in [0.29, 0.717) is 0 Å². The first kappa shape index (κ1) is 10.7. The number of thiophene rings is 1. The maximum absolute atomic E-state index is 6.14. The monoisotopic (exact) mass is 241 g/mol. The molecule has 0 aliphatic heterocycles. The largest absolute Gasteiger partial charge is 0.320 e. The molecule has 2 rings (SSSR count). The number of aryl methyl sites for hydroxylation is 1. The third-order valence-corrected chi connectivity index (χ3v) is 3.82. The molecule has 0 radical (unpaired) electrons. The van der Waals surface area contributed by atoms with Crippen molar-refractivity contribution >= 4 is 22.9 Å². The molecule has 2 heterocycles. The van der Waals surface area contributed by atoms with Crippen molar-refractivity contribution in [2.75, 3.05) is 0 Å². The maximum Gasteiger partial charge on any atom is 0.0931 e. The van der Waals surface area contributed by atoms with E-state index in [9.17, 15) is 0 Å². The van der Waals surface area contributed by atoms with E-state index in [1.165, 1.54) is 11.3 Å². The molecule has 80 valence electrons. The van der Waals surface area contributed by atoms with Crippen LogP contribution >= 0.6 is 22.9 Å². The summed E-state index contributed by atoms with van der Waals surface area (Å²) in [4.78, 5) is 1.07. The number of hydrogen-bond donors (Lipinski definition) is 1. The summed E-state index contributed by atoms with van der Waals surface area (Å²) in [6.45, 7) is 2.01. The molecule has 0 aliphatic carbocycles. The second-order valence-corrected chi connectivity index (χ2v) is 5.18. The van der Waals surface area contributed by atoms with Gasteiger partial charge in [0.1, 0.15) is 0 Å². The van der Waals surface area contributed by atoms with Crippen LogP contribution in [0.1, 0.15) is 22.2 Å². The zero-order valence-corrected chi connectivity index (χ0v) is 10.1. The van der Waals surface area contributed by atoms with Gasteiger partial charge in [0.2, 0.25) is 0 Å². The van der Waals surface area contributed by atoms with Gasteiger partial charge in [0.25, 0.3) is 0 Å². The third kappa shape index (κ3) is 1.93. The predicted octanol–water partition coefficient (Wildman–Crippen LogP) is 2.49. The number of hydrogen-bond acceptors (Lipinski definition) is 3. The Kier molecular flexibility index (Phi) is 2.82. The van der Waals surface area contributed by atoms with E-state index in [2.05, 4.69) is 5.10 Å². The first-order valence-corrected chi connectivity index (χ1v) is 5.78. The third-order valence-electron chi connectivity index (χ3n) is 2.51. The number of rotatable bonds is 2. The predicted molar refractivity (Wildman–Crippen MR) is 63.3 cm³/mol. The van der Waals surface area contributed by atoms with Crippen LogP contribution in [0.5, 0.6) is 0 Å². The van der Waals surface area contributed by atoms with E-state index in [0.717, 1.165) is 20.5 Å². The second-order valence-electron chi connectivity index (χ2n) is 3.43. The highest BCUT2D eigenvalue weighted by atomic mass is 35.5. The summed E-state index contributed by atoms with van der Waals surface area (Å²) in [6, 6.07) is 3.70. The summed E-state index contributed by atoms with van der Waals surface area (Å²) in [5, 5.41) is 4.18. The zero-order valence-electron chi connectivity index (χ0n) is 8.57. The van der Waals surface area contributed by atoms with E-state index < -0.39 is 0 Å². The van der Waals surface area contributed by atoms with Crippen molar-refractivity contribution in [3.8, 4) is 0 Å². The molecule has 2 N–H and O–H groups in total. The van der Waals surface area contributed by atoms with Crippen molar-refractivity contribution in [1.82, 2.24) is 9.78 Å². The average Bonchev–Trinajstić information content (AvgIpc) is 2.75. The SMILES string of the molecule is Cc1c(C(N)c2ccc(Cl)s2)cnn1C. The highest BCUT2D eigenvalue weighted by Crippen LogP contribution is 2.30. The van der Waals surface area contributed by atoms with Gasteiger partial charge < -0.3 is 5.73 Å². The summed E-state index contributed by atoms with van der Waals surface area (Å²) in [7, 11) is 1.91. The highest BCUT2D eigenvalue weighted by molar-refractivity contribution is 7.16. The van der Waals surface area contributed by atoms with Gasteiger partial charge in [-0.2, -0.15) is 5.10 Å². The highest BCUT2D eigenvalue weighted by Gasteiger charge is 2.15. The minimum absolute atomic E-state index is 0.129. The lowest BCUT2D eigenvalue weighted by Gasteiger charge is -2.08. The van der Waals surface area contributed by atoms with Crippen LogP contribution in [-0.4, -0.2) is 9.78 Å². The minimum atomic E-state index is -0.129.